The minimum absolute atomic E-state index is 0.0223. The van der Waals surface area contributed by atoms with Crippen LogP contribution in [0.25, 0.3) is 0 Å². The molecule has 0 unspecified atom stereocenters. The smallest absolute Gasteiger partial charge is 0.333 e. The Kier molecular flexibility index (Phi) is 4.43. The molecule has 0 spiro atoms. The largest absolute Gasteiger partial charge is 0.461 e. The fourth-order valence-corrected chi connectivity index (χ4v) is 4.26. The van der Waals surface area contributed by atoms with Gasteiger partial charge in [-0.15, -0.1) is 0 Å². The van der Waals surface area contributed by atoms with E-state index in [1.165, 1.54) is 0 Å². The van der Waals surface area contributed by atoms with E-state index >= 15 is 0 Å². The number of allylic oxidation sites excluding steroid dienone is 2. The zero-order chi connectivity index (χ0) is 18.5. The van der Waals surface area contributed by atoms with Crippen molar-refractivity contribution in [3.05, 3.63) is 34.4 Å². The van der Waals surface area contributed by atoms with E-state index in [2.05, 4.69) is 0 Å². The van der Waals surface area contributed by atoms with Crippen molar-refractivity contribution in [3.8, 4) is 0 Å². The monoisotopic (exact) mass is 344 g/mol. The topological polar surface area (TPSA) is 69.7 Å². The van der Waals surface area contributed by atoms with E-state index in [0.717, 1.165) is 11.1 Å². The second kappa shape index (κ2) is 6.28. The van der Waals surface area contributed by atoms with E-state index in [1.54, 1.807) is 26.0 Å². The first-order valence-electron chi connectivity index (χ1n) is 8.72. The van der Waals surface area contributed by atoms with Crippen molar-refractivity contribution < 1.29 is 23.9 Å². The Morgan fingerprint density at radius 1 is 1.32 bits per heavy atom. The maximum absolute atomic E-state index is 12.4. The standard InChI is InChI=1S/C20H24O5/c1-6-9(2)19(22)24-14-8-11(4)15-13(21)7-10(3)16(15)18-17(14)12(5)20(23)25-18/h6-7,12,14,16-18H,8H2,1-5H3/b9-6+/t12-,14+,16-,17+,18+/m1/s1. The van der Waals surface area contributed by atoms with E-state index in [9.17, 15) is 14.4 Å². The van der Waals surface area contributed by atoms with Gasteiger partial charge in [-0.1, -0.05) is 24.1 Å². The molecule has 1 fully saturated rings. The molecule has 0 bridgehead atoms. The average molecular weight is 344 g/mol. The molecule has 3 aliphatic rings. The van der Waals surface area contributed by atoms with Crippen LogP contribution in [0.2, 0.25) is 0 Å². The lowest BCUT2D eigenvalue weighted by atomic mass is 9.79. The molecule has 1 aliphatic heterocycles. The van der Waals surface area contributed by atoms with Gasteiger partial charge < -0.3 is 9.47 Å². The number of hydrogen-bond donors (Lipinski definition) is 0. The van der Waals surface area contributed by atoms with E-state index < -0.39 is 12.2 Å². The zero-order valence-electron chi connectivity index (χ0n) is 15.3. The quantitative estimate of drug-likeness (QED) is 0.569. The van der Waals surface area contributed by atoms with Gasteiger partial charge in [-0.3, -0.25) is 9.59 Å². The van der Waals surface area contributed by atoms with Gasteiger partial charge in [0.05, 0.1) is 5.92 Å². The van der Waals surface area contributed by atoms with Crippen molar-refractivity contribution in [3.63, 3.8) is 0 Å². The van der Waals surface area contributed by atoms with Crippen LogP contribution in [0, 0.1) is 17.8 Å². The van der Waals surface area contributed by atoms with Gasteiger partial charge in [0.1, 0.15) is 12.2 Å². The van der Waals surface area contributed by atoms with Crippen LogP contribution in [0.15, 0.2) is 34.4 Å². The first-order valence-corrected chi connectivity index (χ1v) is 8.72. The third kappa shape index (κ3) is 2.75. The van der Waals surface area contributed by atoms with Crippen molar-refractivity contribution in [1.29, 1.82) is 0 Å². The second-order valence-corrected chi connectivity index (χ2v) is 7.31. The van der Waals surface area contributed by atoms with E-state index in [4.69, 9.17) is 9.47 Å². The number of ether oxygens (including phenoxy) is 2. The molecular formula is C20H24O5. The Labute approximate surface area is 147 Å². The number of carbonyl (C=O) groups is 3. The van der Waals surface area contributed by atoms with E-state index in [0.29, 0.717) is 17.6 Å². The summed E-state index contributed by atoms with van der Waals surface area (Å²) in [6, 6.07) is 0. The third-order valence-corrected chi connectivity index (χ3v) is 5.74. The van der Waals surface area contributed by atoms with Crippen molar-refractivity contribution in [1.82, 2.24) is 0 Å². The number of fused-ring (bicyclic) bond motifs is 3. The molecule has 134 valence electrons. The second-order valence-electron chi connectivity index (χ2n) is 7.31. The highest BCUT2D eigenvalue weighted by Crippen LogP contribution is 2.48. The van der Waals surface area contributed by atoms with Crippen LogP contribution in [0.1, 0.15) is 41.0 Å². The fourth-order valence-electron chi connectivity index (χ4n) is 4.26. The van der Waals surface area contributed by atoms with Gasteiger partial charge in [0.2, 0.25) is 0 Å². The van der Waals surface area contributed by atoms with Crippen LogP contribution in [0.5, 0.6) is 0 Å². The number of ketones is 1. The SMILES string of the molecule is C/C=C(\C)C(=O)O[C@H]1CC(C)=C2C(=O)C=C(C)[C@H]2[C@@H]2OC(=O)[C@H](C)[C@H]21. The lowest BCUT2D eigenvalue weighted by Gasteiger charge is -2.29. The fraction of sp³-hybridized carbons (Fsp3) is 0.550. The Balaban J connectivity index is 2.02. The van der Waals surface area contributed by atoms with Crippen LogP contribution < -0.4 is 0 Å². The lowest BCUT2D eigenvalue weighted by Crippen LogP contribution is -2.38. The van der Waals surface area contributed by atoms with Gasteiger partial charge in [-0.2, -0.15) is 0 Å². The summed E-state index contributed by atoms with van der Waals surface area (Å²) in [5, 5.41) is 0. The molecule has 1 saturated heterocycles. The summed E-state index contributed by atoms with van der Waals surface area (Å²) in [5.41, 5.74) is 3.05. The van der Waals surface area contributed by atoms with E-state index in [1.807, 2.05) is 20.8 Å². The number of rotatable bonds is 2. The number of hydrogen-bond acceptors (Lipinski definition) is 5. The molecule has 5 atom stereocenters. The molecule has 0 amide bonds. The van der Waals surface area contributed by atoms with Crippen molar-refractivity contribution in [2.45, 2.75) is 53.2 Å². The maximum Gasteiger partial charge on any atom is 0.333 e. The molecule has 5 nitrogen and oxygen atoms in total. The Hall–Kier alpha value is -2.17. The molecule has 3 rings (SSSR count). The Morgan fingerprint density at radius 3 is 2.64 bits per heavy atom. The van der Waals surface area contributed by atoms with Crippen LogP contribution in [-0.4, -0.2) is 29.9 Å². The molecule has 0 N–H and O–H groups in total. The van der Waals surface area contributed by atoms with E-state index in [-0.39, 0.29) is 35.5 Å². The number of esters is 2. The molecular weight excluding hydrogens is 320 g/mol. The molecule has 25 heavy (non-hydrogen) atoms. The van der Waals surface area contributed by atoms with Gasteiger partial charge in [0.25, 0.3) is 0 Å². The molecule has 0 aromatic carbocycles. The van der Waals surface area contributed by atoms with Crippen LogP contribution in [-0.2, 0) is 23.9 Å². The highest BCUT2D eigenvalue weighted by atomic mass is 16.6. The van der Waals surface area contributed by atoms with Crippen LogP contribution >= 0.6 is 0 Å². The molecule has 0 aromatic heterocycles. The minimum atomic E-state index is -0.479. The summed E-state index contributed by atoms with van der Waals surface area (Å²) in [5.74, 6) is -1.55. The third-order valence-electron chi connectivity index (χ3n) is 5.74. The normalized spacial score (nSPS) is 35.0. The van der Waals surface area contributed by atoms with Gasteiger partial charge in [0.15, 0.2) is 5.78 Å². The van der Waals surface area contributed by atoms with Crippen LogP contribution in [0.4, 0.5) is 0 Å². The minimum Gasteiger partial charge on any atom is -0.461 e. The summed E-state index contributed by atoms with van der Waals surface area (Å²) < 4.78 is 11.4. The van der Waals surface area contributed by atoms with Gasteiger partial charge in [-0.05, 0) is 33.8 Å². The van der Waals surface area contributed by atoms with Gasteiger partial charge in [0, 0.05) is 29.4 Å². The Morgan fingerprint density at radius 2 is 2.00 bits per heavy atom. The molecule has 0 saturated carbocycles. The van der Waals surface area contributed by atoms with Crippen LogP contribution in [0.3, 0.4) is 0 Å². The maximum atomic E-state index is 12.4. The average Bonchev–Trinajstić information content (AvgIpc) is 2.96. The summed E-state index contributed by atoms with van der Waals surface area (Å²) in [6.45, 7) is 9.09. The van der Waals surface area contributed by atoms with Crippen molar-refractivity contribution in [2.24, 2.45) is 17.8 Å². The molecule has 2 aliphatic carbocycles. The Bertz CT molecular complexity index is 739. The number of carbonyl (C=O) groups excluding carboxylic acids is 3. The van der Waals surface area contributed by atoms with Gasteiger partial charge in [-0.25, -0.2) is 4.79 Å². The molecule has 0 radical (unpaired) electrons. The summed E-state index contributed by atoms with van der Waals surface area (Å²) in [6.07, 6.45) is 2.85. The summed E-state index contributed by atoms with van der Waals surface area (Å²) in [4.78, 5) is 37.0. The van der Waals surface area contributed by atoms with Crippen molar-refractivity contribution >= 4 is 17.7 Å². The molecule has 1 heterocycles. The summed E-state index contributed by atoms with van der Waals surface area (Å²) in [7, 11) is 0. The summed E-state index contributed by atoms with van der Waals surface area (Å²) >= 11 is 0. The first-order chi connectivity index (χ1) is 11.8. The van der Waals surface area contributed by atoms with Crippen molar-refractivity contribution in [2.75, 3.05) is 0 Å². The van der Waals surface area contributed by atoms with Gasteiger partial charge >= 0.3 is 11.9 Å². The predicted octanol–water partition coefficient (Wildman–Crippen LogP) is 2.91. The highest BCUT2D eigenvalue weighted by Gasteiger charge is 2.55. The predicted molar refractivity (Wildman–Crippen MR) is 91.4 cm³/mol. The zero-order valence-corrected chi connectivity index (χ0v) is 15.3. The lowest BCUT2D eigenvalue weighted by molar-refractivity contribution is -0.148. The molecule has 0 aromatic rings. The highest BCUT2D eigenvalue weighted by molar-refractivity contribution is 6.09. The first kappa shape index (κ1) is 17.6. The molecule has 5 heteroatoms.